The van der Waals surface area contributed by atoms with Crippen molar-refractivity contribution in [1.29, 1.82) is 0 Å². The number of rotatable bonds is 3. The molecule has 0 aromatic carbocycles. The lowest BCUT2D eigenvalue weighted by atomic mass is 9.86. The summed E-state index contributed by atoms with van der Waals surface area (Å²) in [4.78, 5) is 14.2. The molecular weight excluding hydrogens is 266 g/mol. The molecule has 116 valence electrons. The second kappa shape index (κ2) is 6.39. The van der Waals surface area contributed by atoms with E-state index < -0.39 is 6.04 Å². The van der Waals surface area contributed by atoms with E-state index in [2.05, 4.69) is 15.5 Å². The molecule has 3 N–H and O–H groups in total. The first-order valence-corrected chi connectivity index (χ1v) is 7.46. The average molecular weight is 291 g/mol. The third-order valence-corrected chi connectivity index (χ3v) is 3.93. The lowest BCUT2D eigenvalue weighted by molar-refractivity contribution is -0.135. The lowest BCUT2D eigenvalue weighted by Crippen LogP contribution is -2.53. The fourth-order valence-corrected chi connectivity index (χ4v) is 2.40. The van der Waals surface area contributed by atoms with Crippen molar-refractivity contribution in [2.24, 2.45) is 11.1 Å². The molecule has 0 spiro atoms. The van der Waals surface area contributed by atoms with Crippen LogP contribution in [0.1, 0.15) is 33.6 Å². The first kappa shape index (κ1) is 15.7. The summed E-state index contributed by atoms with van der Waals surface area (Å²) in [5.41, 5.74) is 5.86. The van der Waals surface area contributed by atoms with E-state index in [0.717, 1.165) is 31.7 Å². The predicted molar refractivity (Wildman–Crippen MR) is 82.7 cm³/mol. The standard InChI is InChI=1S/C15H25N5O/c1-15(2,3)13(16)14(21)20-9-6-11(7-10-20)18-12-5-4-8-17-19-12/h4-5,8,11,13H,6-7,9-10,16H2,1-3H3,(H,18,19)/t13-/m1/s1. The zero-order valence-electron chi connectivity index (χ0n) is 13.0. The molecule has 21 heavy (non-hydrogen) atoms. The van der Waals surface area contributed by atoms with Crippen LogP contribution in [0.5, 0.6) is 0 Å². The van der Waals surface area contributed by atoms with Gasteiger partial charge in [-0.2, -0.15) is 5.10 Å². The number of nitrogens with zero attached hydrogens (tertiary/aromatic N) is 3. The maximum Gasteiger partial charge on any atom is 0.240 e. The zero-order valence-corrected chi connectivity index (χ0v) is 13.0. The van der Waals surface area contributed by atoms with Crippen molar-refractivity contribution < 1.29 is 4.79 Å². The summed E-state index contributed by atoms with van der Waals surface area (Å²) < 4.78 is 0. The maximum atomic E-state index is 12.4. The SMILES string of the molecule is CC(C)(C)[C@H](N)C(=O)N1CCC(Nc2cccnn2)CC1. The van der Waals surface area contributed by atoms with Crippen LogP contribution in [0.4, 0.5) is 5.82 Å². The molecule has 2 rings (SSSR count). The molecule has 1 aliphatic heterocycles. The number of hydrogen-bond acceptors (Lipinski definition) is 5. The highest BCUT2D eigenvalue weighted by Gasteiger charge is 2.32. The average Bonchev–Trinajstić information content (AvgIpc) is 2.46. The van der Waals surface area contributed by atoms with Crippen molar-refractivity contribution in [3.63, 3.8) is 0 Å². The number of piperidine rings is 1. The van der Waals surface area contributed by atoms with Crippen LogP contribution >= 0.6 is 0 Å². The first-order chi connectivity index (χ1) is 9.88. The topological polar surface area (TPSA) is 84.1 Å². The highest BCUT2D eigenvalue weighted by atomic mass is 16.2. The molecule has 0 aliphatic carbocycles. The molecule has 1 aromatic rings. The minimum Gasteiger partial charge on any atom is -0.366 e. The third kappa shape index (κ3) is 4.14. The van der Waals surface area contributed by atoms with Crippen molar-refractivity contribution in [1.82, 2.24) is 15.1 Å². The van der Waals surface area contributed by atoms with Crippen molar-refractivity contribution in [3.05, 3.63) is 18.3 Å². The number of nitrogens with two attached hydrogens (primary N) is 1. The number of aromatic nitrogens is 2. The second-order valence-corrected chi connectivity index (χ2v) is 6.70. The summed E-state index contributed by atoms with van der Waals surface area (Å²) in [6.45, 7) is 7.47. The van der Waals surface area contributed by atoms with Gasteiger partial charge in [0, 0.05) is 25.3 Å². The van der Waals surface area contributed by atoms with Gasteiger partial charge >= 0.3 is 0 Å². The maximum absolute atomic E-state index is 12.4. The largest absolute Gasteiger partial charge is 0.366 e. The molecule has 1 aliphatic rings. The van der Waals surface area contributed by atoms with Gasteiger partial charge in [-0.15, -0.1) is 5.10 Å². The molecule has 1 atom stereocenters. The van der Waals surface area contributed by atoms with Gasteiger partial charge in [-0.1, -0.05) is 20.8 Å². The molecule has 6 heteroatoms. The summed E-state index contributed by atoms with van der Waals surface area (Å²) >= 11 is 0. The van der Waals surface area contributed by atoms with E-state index >= 15 is 0 Å². The first-order valence-electron chi connectivity index (χ1n) is 7.46. The van der Waals surface area contributed by atoms with Crippen molar-refractivity contribution in [2.75, 3.05) is 18.4 Å². The van der Waals surface area contributed by atoms with Crippen molar-refractivity contribution in [3.8, 4) is 0 Å². The summed E-state index contributed by atoms with van der Waals surface area (Å²) in [6, 6.07) is 3.65. The molecule has 0 bridgehead atoms. The monoisotopic (exact) mass is 291 g/mol. The Hall–Kier alpha value is -1.69. The summed E-state index contributed by atoms with van der Waals surface area (Å²) in [6.07, 6.45) is 3.46. The van der Waals surface area contributed by atoms with Crippen LogP contribution < -0.4 is 11.1 Å². The smallest absolute Gasteiger partial charge is 0.240 e. The molecule has 6 nitrogen and oxygen atoms in total. The summed E-state index contributed by atoms with van der Waals surface area (Å²) in [5.74, 6) is 0.842. The molecule has 1 amide bonds. The fourth-order valence-electron chi connectivity index (χ4n) is 2.40. The molecule has 1 saturated heterocycles. The van der Waals surface area contributed by atoms with Crippen LogP contribution in [-0.4, -0.2) is 46.2 Å². The normalized spacial score (nSPS) is 18.4. The number of carbonyl (C=O) groups is 1. The highest BCUT2D eigenvalue weighted by molar-refractivity contribution is 5.82. The van der Waals surface area contributed by atoms with E-state index in [9.17, 15) is 4.79 Å². The summed E-state index contributed by atoms with van der Waals surface area (Å²) in [5, 5.41) is 11.2. The van der Waals surface area contributed by atoms with Crippen LogP contribution in [0.25, 0.3) is 0 Å². The molecule has 1 fully saturated rings. The number of carbonyl (C=O) groups excluding carboxylic acids is 1. The Morgan fingerprint density at radius 3 is 2.62 bits per heavy atom. The molecule has 0 radical (unpaired) electrons. The van der Waals surface area contributed by atoms with Gasteiger partial charge in [-0.05, 0) is 30.4 Å². The van der Waals surface area contributed by atoms with Crippen LogP contribution in [0, 0.1) is 5.41 Å². The molecule has 0 saturated carbocycles. The van der Waals surface area contributed by atoms with Gasteiger partial charge in [-0.3, -0.25) is 4.79 Å². The van der Waals surface area contributed by atoms with Gasteiger partial charge in [0.25, 0.3) is 0 Å². The lowest BCUT2D eigenvalue weighted by Gasteiger charge is -2.36. The number of nitrogens with one attached hydrogen (secondary N) is 1. The van der Waals surface area contributed by atoms with Crippen LogP contribution in [0.3, 0.4) is 0 Å². The Morgan fingerprint density at radius 2 is 2.10 bits per heavy atom. The Labute approximate surface area is 126 Å². The van der Waals surface area contributed by atoms with E-state index in [1.807, 2.05) is 37.8 Å². The molecule has 1 aromatic heterocycles. The third-order valence-electron chi connectivity index (χ3n) is 3.93. The van der Waals surface area contributed by atoms with Gasteiger partial charge in [0.1, 0.15) is 5.82 Å². The number of likely N-dealkylation sites (tertiary alicyclic amines) is 1. The van der Waals surface area contributed by atoms with E-state index in [0.29, 0.717) is 6.04 Å². The number of amides is 1. The van der Waals surface area contributed by atoms with Gasteiger partial charge in [0.15, 0.2) is 0 Å². The van der Waals surface area contributed by atoms with Crippen molar-refractivity contribution >= 4 is 11.7 Å². The number of anilines is 1. The van der Waals surface area contributed by atoms with Gasteiger partial charge < -0.3 is 16.0 Å². The van der Waals surface area contributed by atoms with Crippen LogP contribution in [0.2, 0.25) is 0 Å². The van der Waals surface area contributed by atoms with E-state index in [-0.39, 0.29) is 11.3 Å². The minimum atomic E-state index is -0.443. The van der Waals surface area contributed by atoms with Gasteiger partial charge in [-0.25, -0.2) is 0 Å². The quantitative estimate of drug-likeness (QED) is 0.875. The minimum absolute atomic E-state index is 0.0560. The Balaban J connectivity index is 1.84. The van der Waals surface area contributed by atoms with E-state index in [1.165, 1.54) is 0 Å². The zero-order chi connectivity index (χ0) is 15.5. The molecule has 2 heterocycles. The van der Waals surface area contributed by atoms with Gasteiger partial charge in [0.05, 0.1) is 6.04 Å². The van der Waals surface area contributed by atoms with Gasteiger partial charge in [0.2, 0.25) is 5.91 Å². The Kier molecular flexibility index (Phi) is 4.77. The van der Waals surface area contributed by atoms with Crippen LogP contribution in [-0.2, 0) is 4.79 Å². The molecular formula is C15H25N5O. The Bertz CT molecular complexity index is 463. The summed E-state index contributed by atoms with van der Waals surface area (Å²) in [7, 11) is 0. The predicted octanol–water partition coefficient (Wildman–Crippen LogP) is 1.25. The fraction of sp³-hybridized carbons (Fsp3) is 0.667. The molecule has 0 unspecified atom stereocenters. The van der Waals surface area contributed by atoms with Crippen molar-refractivity contribution in [2.45, 2.75) is 45.7 Å². The highest BCUT2D eigenvalue weighted by Crippen LogP contribution is 2.21. The van der Waals surface area contributed by atoms with E-state index in [4.69, 9.17) is 5.73 Å². The Morgan fingerprint density at radius 1 is 1.43 bits per heavy atom. The second-order valence-electron chi connectivity index (χ2n) is 6.70. The van der Waals surface area contributed by atoms with Crippen LogP contribution in [0.15, 0.2) is 18.3 Å². The van der Waals surface area contributed by atoms with E-state index in [1.54, 1.807) is 6.20 Å². The number of hydrogen-bond donors (Lipinski definition) is 2.